The molecule has 9 heteroatoms. The summed E-state index contributed by atoms with van der Waals surface area (Å²) < 4.78 is 0. The molecule has 0 aromatic heterocycles. The van der Waals surface area contributed by atoms with E-state index in [9.17, 15) is 24.8 Å². The van der Waals surface area contributed by atoms with Gasteiger partial charge in [-0.2, -0.15) is 0 Å². The number of amides is 2. The van der Waals surface area contributed by atoms with Gasteiger partial charge in [0.1, 0.15) is 11.3 Å². The Morgan fingerprint density at radius 2 is 2.13 bits per heavy atom. The lowest BCUT2D eigenvalue weighted by Gasteiger charge is -2.27. The molecule has 2 N–H and O–H groups in total. The SMILES string of the molecule is C=CCN1C(=O)C(=Cc2cc([N+](=O)[O-])ccc2O)C(=O)NC1=S. The third-order valence-corrected chi connectivity index (χ3v) is 3.34. The first-order valence-corrected chi connectivity index (χ1v) is 6.73. The first kappa shape index (κ1) is 16.3. The number of phenolic OH excluding ortho intramolecular Hbond substituents is 1. The van der Waals surface area contributed by atoms with E-state index >= 15 is 0 Å². The second-order valence-electron chi connectivity index (χ2n) is 4.52. The van der Waals surface area contributed by atoms with Gasteiger partial charge in [0.2, 0.25) is 0 Å². The smallest absolute Gasteiger partial charge is 0.270 e. The summed E-state index contributed by atoms with van der Waals surface area (Å²) in [5.41, 5.74) is -0.600. The van der Waals surface area contributed by atoms with Crippen molar-refractivity contribution < 1.29 is 19.6 Å². The Morgan fingerprint density at radius 1 is 1.43 bits per heavy atom. The second-order valence-corrected chi connectivity index (χ2v) is 4.91. The number of rotatable bonds is 4. The molecule has 1 aromatic rings. The molecule has 0 bridgehead atoms. The first-order chi connectivity index (χ1) is 10.8. The summed E-state index contributed by atoms with van der Waals surface area (Å²) in [6.07, 6.45) is 2.52. The van der Waals surface area contributed by atoms with Gasteiger partial charge in [-0.15, -0.1) is 6.58 Å². The number of benzene rings is 1. The monoisotopic (exact) mass is 333 g/mol. The minimum Gasteiger partial charge on any atom is -0.507 e. The van der Waals surface area contributed by atoms with Crippen LogP contribution in [0.15, 0.2) is 36.4 Å². The molecule has 1 saturated heterocycles. The van der Waals surface area contributed by atoms with E-state index in [1.54, 1.807) is 0 Å². The van der Waals surface area contributed by atoms with E-state index < -0.39 is 16.7 Å². The van der Waals surface area contributed by atoms with Crippen LogP contribution in [0.5, 0.6) is 5.75 Å². The van der Waals surface area contributed by atoms with Crippen molar-refractivity contribution in [3.63, 3.8) is 0 Å². The molecule has 2 amide bonds. The Labute approximate surface area is 135 Å². The molecule has 1 aliphatic rings. The number of carbonyl (C=O) groups is 2. The van der Waals surface area contributed by atoms with Gasteiger partial charge in [0.05, 0.1) is 4.92 Å². The zero-order chi connectivity index (χ0) is 17.1. The summed E-state index contributed by atoms with van der Waals surface area (Å²) in [5.74, 6) is -1.72. The van der Waals surface area contributed by atoms with Gasteiger partial charge in [0.15, 0.2) is 5.11 Å². The van der Waals surface area contributed by atoms with Crippen LogP contribution in [-0.2, 0) is 9.59 Å². The molecule has 23 heavy (non-hydrogen) atoms. The Hall–Kier alpha value is -3.07. The Bertz CT molecular complexity index is 772. The maximum atomic E-state index is 12.3. The lowest BCUT2D eigenvalue weighted by molar-refractivity contribution is -0.384. The van der Waals surface area contributed by atoms with Gasteiger partial charge in [-0.3, -0.25) is 29.9 Å². The number of nitro benzene ring substituents is 1. The average molecular weight is 333 g/mol. The topological polar surface area (TPSA) is 113 Å². The van der Waals surface area contributed by atoms with Crippen LogP contribution in [0, 0.1) is 10.1 Å². The van der Waals surface area contributed by atoms with E-state index in [0.717, 1.165) is 29.2 Å². The standard InChI is InChI=1S/C14H11N3O5S/c1-2-5-16-13(20)10(12(19)15-14(16)23)7-8-6-9(17(21)22)3-4-11(8)18/h2-4,6-7,18H,1,5H2,(H,15,19,23). The molecule has 0 radical (unpaired) electrons. The zero-order valence-electron chi connectivity index (χ0n) is 11.7. The van der Waals surface area contributed by atoms with E-state index in [4.69, 9.17) is 12.2 Å². The maximum absolute atomic E-state index is 12.3. The first-order valence-electron chi connectivity index (χ1n) is 6.32. The highest BCUT2D eigenvalue weighted by Gasteiger charge is 2.32. The van der Waals surface area contributed by atoms with Gasteiger partial charge < -0.3 is 5.11 Å². The van der Waals surface area contributed by atoms with Gasteiger partial charge in [-0.25, -0.2) is 0 Å². The predicted molar refractivity (Wildman–Crippen MR) is 85.4 cm³/mol. The summed E-state index contributed by atoms with van der Waals surface area (Å²) in [6, 6.07) is 3.29. The molecule has 1 aromatic carbocycles. The average Bonchev–Trinajstić information content (AvgIpc) is 2.49. The lowest BCUT2D eigenvalue weighted by Crippen LogP contribution is -2.53. The summed E-state index contributed by atoms with van der Waals surface area (Å²) in [6.45, 7) is 3.59. The largest absolute Gasteiger partial charge is 0.507 e. The van der Waals surface area contributed by atoms with E-state index in [1.165, 1.54) is 6.08 Å². The quantitative estimate of drug-likeness (QED) is 0.213. The fraction of sp³-hybridized carbons (Fsp3) is 0.0714. The van der Waals surface area contributed by atoms with Crippen molar-refractivity contribution in [3.8, 4) is 5.75 Å². The number of carbonyl (C=O) groups excluding carboxylic acids is 2. The minimum atomic E-state index is -0.744. The number of aromatic hydroxyl groups is 1. The number of nitro groups is 1. The third kappa shape index (κ3) is 3.24. The van der Waals surface area contributed by atoms with Crippen LogP contribution in [0.1, 0.15) is 5.56 Å². The number of hydrogen-bond donors (Lipinski definition) is 2. The normalized spacial score (nSPS) is 16.4. The Morgan fingerprint density at radius 3 is 2.74 bits per heavy atom. The molecule has 0 atom stereocenters. The molecule has 1 aliphatic heterocycles. The highest BCUT2D eigenvalue weighted by atomic mass is 32.1. The van der Waals surface area contributed by atoms with Crippen molar-refractivity contribution in [1.29, 1.82) is 0 Å². The number of nitrogens with zero attached hydrogens (tertiary/aromatic N) is 2. The van der Waals surface area contributed by atoms with Crippen LogP contribution in [0.3, 0.4) is 0 Å². The van der Waals surface area contributed by atoms with Crippen molar-refractivity contribution in [3.05, 3.63) is 52.1 Å². The van der Waals surface area contributed by atoms with Gasteiger partial charge in [-0.05, 0) is 24.4 Å². The number of non-ortho nitro benzene ring substituents is 1. The fourth-order valence-corrected chi connectivity index (χ4v) is 2.17. The molecule has 0 spiro atoms. The summed E-state index contributed by atoms with van der Waals surface area (Å²) in [4.78, 5) is 35.5. The second kappa shape index (κ2) is 6.36. The molecule has 0 unspecified atom stereocenters. The van der Waals surface area contributed by atoms with Gasteiger partial charge in [0.25, 0.3) is 17.5 Å². The van der Waals surface area contributed by atoms with E-state index in [1.807, 2.05) is 0 Å². The van der Waals surface area contributed by atoms with Crippen molar-refractivity contribution in [2.24, 2.45) is 0 Å². The van der Waals surface area contributed by atoms with Gasteiger partial charge in [-0.1, -0.05) is 6.08 Å². The molecular formula is C14H11N3O5S. The predicted octanol–water partition coefficient (Wildman–Crippen LogP) is 1.11. The number of phenols is 1. The summed E-state index contributed by atoms with van der Waals surface area (Å²) >= 11 is 4.90. The maximum Gasteiger partial charge on any atom is 0.270 e. The molecule has 118 valence electrons. The fourth-order valence-electron chi connectivity index (χ4n) is 1.92. The molecule has 0 aliphatic carbocycles. The van der Waals surface area contributed by atoms with Crippen molar-refractivity contribution >= 4 is 40.9 Å². The molecule has 1 fully saturated rings. The highest BCUT2D eigenvalue weighted by molar-refractivity contribution is 7.80. The van der Waals surface area contributed by atoms with Crippen molar-refractivity contribution in [2.45, 2.75) is 0 Å². The van der Waals surface area contributed by atoms with Crippen LogP contribution in [-0.4, -0.2) is 38.4 Å². The Kier molecular flexibility index (Phi) is 4.51. The molecular weight excluding hydrogens is 322 g/mol. The van der Waals surface area contributed by atoms with E-state index in [-0.39, 0.29) is 34.2 Å². The summed E-state index contributed by atoms with van der Waals surface area (Å²) in [7, 11) is 0. The minimum absolute atomic E-state index is 0.0240. The molecule has 0 saturated carbocycles. The summed E-state index contributed by atoms with van der Waals surface area (Å²) in [5, 5.41) is 22.8. The van der Waals surface area contributed by atoms with Gasteiger partial charge in [0, 0.05) is 24.2 Å². The number of thiocarbonyl (C=S) groups is 1. The van der Waals surface area contributed by atoms with Crippen LogP contribution in [0.2, 0.25) is 0 Å². The van der Waals surface area contributed by atoms with Crippen LogP contribution >= 0.6 is 12.2 Å². The Balaban J connectivity index is 2.48. The molecule has 1 heterocycles. The third-order valence-electron chi connectivity index (χ3n) is 3.02. The number of hydrogen-bond acceptors (Lipinski definition) is 6. The zero-order valence-corrected chi connectivity index (χ0v) is 12.5. The molecule has 2 rings (SSSR count). The van der Waals surface area contributed by atoms with Crippen molar-refractivity contribution in [1.82, 2.24) is 10.2 Å². The molecule has 8 nitrogen and oxygen atoms in total. The lowest BCUT2D eigenvalue weighted by atomic mass is 10.1. The van der Waals surface area contributed by atoms with E-state index in [2.05, 4.69) is 11.9 Å². The van der Waals surface area contributed by atoms with Crippen LogP contribution in [0.25, 0.3) is 6.08 Å². The van der Waals surface area contributed by atoms with Crippen LogP contribution in [0.4, 0.5) is 5.69 Å². The number of nitrogens with one attached hydrogen (secondary N) is 1. The van der Waals surface area contributed by atoms with Gasteiger partial charge >= 0.3 is 0 Å². The van der Waals surface area contributed by atoms with E-state index in [0.29, 0.717) is 0 Å². The van der Waals surface area contributed by atoms with Crippen LogP contribution < -0.4 is 5.32 Å². The highest BCUT2D eigenvalue weighted by Crippen LogP contribution is 2.26. The van der Waals surface area contributed by atoms with Crippen molar-refractivity contribution in [2.75, 3.05) is 6.54 Å².